The van der Waals surface area contributed by atoms with Crippen LogP contribution >= 0.6 is 22.6 Å². The summed E-state index contributed by atoms with van der Waals surface area (Å²) in [5, 5.41) is 0. The number of rotatable bonds is 4. The van der Waals surface area contributed by atoms with Crippen LogP contribution in [0, 0.1) is 3.57 Å². The molecule has 0 aliphatic carbocycles. The molecule has 17 heavy (non-hydrogen) atoms. The van der Waals surface area contributed by atoms with E-state index in [0.717, 1.165) is 18.7 Å². The van der Waals surface area contributed by atoms with E-state index in [4.69, 9.17) is 5.73 Å². The maximum absolute atomic E-state index is 6.17. The van der Waals surface area contributed by atoms with Gasteiger partial charge >= 0.3 is 0 Å². The number of aromatic nitrogens is 2. The zero-order chi connectivity index (χ0) is 12.3. The van der Waals surface area contributed by atoms with Gasteiger partial charge in [0.15, 0.2) is 0 Å². The fourth-order valence-electron chi connectivity index (χ4n) is 1.80. The number of halogens is 1. The summed E-state index contributed by atoms with van der Waals surface area (Å²) in [5.41, 5.74) is 7.37. The molecule has 2 aromatic rings. The maximum atomic E-state index is 6.17. The molecule has 4 heteroatoms. The molecule has 0 radical (unpaired) electrons. The predicted molar refractivity (Wildman–Crippen MR) is 77.6 cm³/mol. The van der Waals surface area contributed by atoms with Crippen molar-refractivity contribution in [2.45, 2.75) is 18.9 Å². The summed E-state index contributed by atoms with van der Waals surface area (Å²) in [4.78, 5) is 4.30. The van der Waals surface area contributed by atoms with Crippen LogP contribution in [-0.4, -0.2) is 9.55 Å². The van der Waals surface area contributed by atoms with Gasteiger partial charge in [0.1, 0.15) is 5.82 Å². The maximum Gasteiger partial charge on any atom is 0.108 e. The van der Waals surface area contributed by atoms with Crippen molar-refractivity contribution in [1.29, 1.82) is 0 Å². The molecule has 0 amide bonds. The number of aryl methyl sites for hydroxylation is 2. The smallest absolute Gasteiger partial charge is 0.108 e. The van der Waals surface area contributed by atoms with Crippen molar-refractivity contribution in [3.8, 4) is 0 Å². The SMILES string of the molecule is Cn1ccnc1CCC(N)c1ccc(I)cc1. The molecule has 2 rings (SSSR count). The van der Waals surface area contributed by atoms with Gasteiger partial charge in [-0.1, -0.05) is 12.1 Å². The fraction of sp³-hybridized carbons (Fsp3) is 0.308. The summed E-state index contributed by atoms with van der Waals surface area (Å²) >= 11 is 2.30. The Balaban J connectivity index is 1.95. The summed E-state index contributed by atoms with van der Waals surface area (Å²) in [6, 6.07) is 8.48. The number of nitrogens with zero attached hydrogens (tertiary/aromatic N) is 2. The molecule has 90 valence electrons. The van der Waals surface area contributed by atoms with E-state index >= 15 is 0 Å². The van der Waals surface area contributed by atoms with Crippen molar-refractivity contribution in [3.05, 3.63) is 51.6 Å². The van der Waals surface area contributed by atoms with Crippen LogP contribution in [0.25, 0.3) is 0 Å². The molecule has 0 bridgehead atoms. The van der Waals surface area contributed by atoms with Gasteiger partial charge in [0, 0.05) is 35.5 Å². The van der Waals surface area contributed by atoms with E-state index in [1.54, 1.807) is 0 Å². The summed E-state index contributed by atoms with van der Waals surface area (Å²) in [7, 11) is 2.01. The largest absolute Gasteiger partial charge is 0.338 e. The highest BCUT2D eigenvalue weighted by molar-refractivity contribution is 14.1. The van der Waals surface area contributed by atoms with Gasteiger partial charge in [-0.3, -0.25) is 0 Å². The Morgan fingerprint density at radius 2 is 2.06 bits per heavy atom. The Labute approximate surface area is 115 Å². The lowest BCUT2D eigenvalue weighted by molar-refractivity contribution is 0.620. The van der Waals surface area contributed by atoms with Crippen molar-refractivity contribution in [3.63, 3.8) is 0 Å². The molecule has 1 atom stereocenters. The van der Waals surface area contributed by atoms with E-state index in [2.05, 4.69) is 51.8 Å². The van der Waals surface area contributed by atoms with Gasteiger partial charge in [0.25, 0.3) is 0 Å². The van der Waals surface area contributed by atoms with Crippen molar-refractivity contribution >= 4 is 22.6 Å². The lowest BCUT2D eigenvalue weighted by Gasteiger charge is -2.11. The lowest BCUT2D eigenvalue weighted by Crippen LogP contribution is -2.12. The van der Waals surface area contributed by atoms with Gasteiger partial charge in [-0.25, -0.2) is 4.98 Å². The highest BCUT2D eigenvalue weighted by Gasteiger charge is 2.07. The van der Waals surface area contributed by atoms with Crippen LogP contribution in [0.2, 0.25) is 0 Å². The minimum absolute atomic E-state index is 0.0868. The molecule has 1 aromatic carbocycles. The second-order valence-electron chi connectivity index (χ2n) is 4.15. The molecule has 0 fully saturated rings. The summed E-state index contributed by atoms with van der Waals surface area (Å²) in [6.45, 7) is 0. The Hall–Kier alpha value is -0.880. The van der Waals surface area contributed by atoms with E-state index in [0.29, 0.717) is 0 Å². The Bertz CT molecular complexity index is 476. The van der Waals surface area contributed by atoms with Crippen LogP contribution in [0.15, 0.2) is 36.7 Å². The molecule has 0 saturated carbocycles. The van der Waals surface area contributed by atoms with E-state index in [-0.39, 0.29) is 6.04 Å². The minimum atomic E-state index is 0.0868. The van der Waals surface area contributed by atoms with E-state index in [1.165, 1.54) is 9.13 Å². The van der Waals surface area contributed by atoms with Gasteiger partial charge < -0.3 is 10.3 Å². The Morgan fingerprint density at radius 1 is 1.35 bits per heavy atom. The van der Waals surface area contributed by atoms with Crippen LogP contribution < -0.4 is 5.73 Å². The molecule has 0 saturated heterocycles. The highest BCUT2D eigenvalue weighted by Crippen LogP contribution is 2.17. The molecule has 0 spiro atoms. The first kappa shape index (κ1) is 12.6. The van der Waals surface area contributed by atoms with E-state index in [1.807, 2.05) is 24.0 Å². The third-order valence-corrected chi connectivity index (χ3v) is 3.62. The molecule has 1 heterocycles. The van der Waals surface area contributed by atoms with Crippen molar-refractivity contribution in [2.24, 2.45) is 12.8 Å². The van der Waals surface area contributed by atoms with Crippen LogP contribution in [0.5, 0.6) is 0 Å². The standard InChI is InChI=1S/C13H16IN3/c1-17-9-8-16-13(17)7-6-12(15)10-2-4-11(14)5-3-10/h2-5,8-9,12H,6-7,15H2,1H3. The molecule has 3 nitrogen and oxygen atoms in total. The van der Waals surface area contributed by atoms with Gasteiger partial charge in [0.05, 0.1) is 0 Å². The molecule has 0 aliphatic heterocycles. The van der Waals surface area contributed by atoms with Crippen LogP contribution in [0.1, 0.15) is 23.9 Å². The first-order valence-corrected chi connectivity index (χ1v) is 6.72. The quantitative estimate of drug-likeness (QED) is 0.869. The van der Waals surface area contributed by atoms with Gasteiger partial charge in [-0.05, 0) is 46.7 Å². The average Bonchev–Trinajstić information content (AvgIpc) is 2.73. The molecule has 2 N–H and O–H groups in total. The van der Waals surface area contributed by atoms with Gasteiger partial charge in [-0.15, -0.1) is 0 Å². The number of hydrogen-bond acceptors (Lipinski definition) is 2. The van der Waals surface area contributed by atoms with Gasteiger partial charge in [0.2, 0.25) is 0 Å². The lowest BCUT2D eigenvalue weighted by atomic mass is 10.0. The second-order valence-corrected chi connectivity index (χ2v) is 5.40. The van der Waals surface area contributed by atoms with Crippen LogP contribution in [0.4, 0.5) is 0 Å². The molecular weight excluding hydrogens is 325 g/mol. The third kappa shape index (κ3) is 3.29. The summed E-state index contributed by atoms with van der Waals surface area (Å²) in [5.74, 6) is 1.09. The summed E-state index contributed by atoms with van der Waals surface area (Å²) < 4.78 is 3.28. The first-order chi connectivity index (χ1) is 8.16. The minimum Gasteiger partial charge on any atom is -0.338 e. The second kappa shape index (κ2) is 5.64. The number of imidazole rings is 1. The molecule has 0 aliphatic rings. The average molecular weight is 341 g/mol. The monoisotopic (exact) mass is 341 g/mol. The normalized spacial score (nSPS) is 12.6. The molecular formula is C13H16IN3. The van der Waals surface area contributed by atoms with Crippen LogP contribution in [0.3, 0.4) is 0 Å². The van der Waals surface area contributed by atoms with Gasteiger partial charge in [-0.2, -0.15) is 0 Å². The van der Waals surface area contributed by atoms with Crippen molar-refractivity contribution in [1.82, 2.24) is 9.55 Å². The predicted octanol–water partition coefficient (Wildman–Crippen LogP) is 2.66. The zero-order valence-electron chi connectivity index (χ0n) is 9.81. The zero-order valence-corrected chi connectivity index (χ0v) is 12.0. The number of nitrogens with two attached hydrogens (primary N) is 1. The topological polar surface area (TPSA) is 43.8 Å². The first-order valence-electron chi connectivity index (χ1n) is 5.64. The highest BCUT2D eigenvalue weighted by atomic mass is 127. The summed E-state index contributed by atoms with van der Waals surface area (Å²) in [6.07, 6.45) is 5.62. The van der Waals surface area contributed by atoms with E-state index < -0.39 is 0 Å². The third-order valence-electron chi connectivity index (χ3n) is 2.90. The number of hydrogen-bond donors (Lipinski definition) is 1. The molecule has 1 aromatic heterocycles. The fourth-order valence-corrected chi connectivity index (χ4v) is 2.16. The van der Waals surface area contributed by atoms with E-state index in [9.17, 15) is 0 Å². The molecule has 1 unspecified atom stereocenters. The van der Waals surface area contributed by atoms with Crippen LogP contribution in [-0.2, 0) is 13.5 Å². The number of benzene rings is 1. The van der Waals surface area contributed by atoms with Crippen molar-refractivity contribution < 1.29 is 0 Å². The Kier molecular flexibility index (Phi) is 4.17. The Morgan fingerprint density at radius 3 is 2.65 bits per heavy atom. The van der Waals surface area contributed by atoms with Crippen molar-refractivity contribution in [2.75, 3.05) is 0 Å².